The Labute approximate surface area is 288 Å². The quantitative estimate of drug-likeness (QED) is 0.315. The summed E-state index contributed by atoms with van der Waals surface area (Å²) in [4.78, 5) is 67.1. The number of piperidine rings is 1. The van der Waals surface area contributed by atoms with Crippen molar-refractivity contribution in [2.45, 2.75) is 50.9 Å². The molecular formula is C37H39ClN6O5. The number of amides is 3. The van der Waals surface area contributed by atoms with Crippen LogP contribution in [0.2, 0.25) is 0 Å². The van der Waals surface area contributed by atoms with Gasteiger partial charge in [0.2, 0.25) is 17.6 Å². The SMILES string of the molecule is CNCCN(C)C(=O)Oc1cc2c(c3c(C)c[nH]c13)[C@H](CCl)CN2C(=O)C12CC3(C(=O)N4C[C@H]5CC56C4=CC(=O)c4[nH]cc(C)c46)CC31C2. The monoisotopic (exact) mass is 682 g/mol. The topological polar surface area (TPSA) is 131 Å². The molecule has 2 aromatic heterocycles. The molecule has 7 aliphatic rings. The van der Waals surface area contributed by atoms with Gasteiger partial charge in [-0.05, 0) is 74.8 Å². The van der Waals surface area contributed by atoms with Gasteiger partial charge in [-0.3, -0.25) is 14.4 Å². The number of hydrogen-bond acceptors (Lipinski definition) is 6. The number of likely N-dealkylation sites (N-methyl/N-ethyl adjacent to an activating group) is 2. The van der Waals surface area contributed by atoms with Gasteiger partial charge in [-0.2, -0.15) is 0 Å². The molecule has 0 radical (unpaired) electrons. The fourth-order valence-corrected chi connectivity index (χ4v) is 11.4. The molecule has 2 spiro atoms. The summed E-state index contributed by atoms with van der Waals surface area (Å²) in [5, 5.41) is 3.98. The number of carbonyl (C=O) groups excluding carboxylic acids is 4. The second-order valence-corrected chi connectivity index (χ2v) is 16.2. The molecule has 3 aromatic rings. The molecule has 12 heteroatoms. The van der Waals surface area contributed by atoms with Crippen LogP contribution in [-0.4, -0.2) is 89.6 Å². The number of nitrogens with one attached hydrogen (secondary N) is 3. The Morgan fingerprint density at radius 2 is 1.80 bits per heavy atom. The van der Waals surface area contributed by atoms with Gasteiger partial charge in [-0.15, -0.1) is 11.6 Å². The number of halogens is 1. The van der Waals surface area contributed by atoms with Crippen LogP contribution in [-0.2, 0) is 15.0 Å². The normalized spacial score (nSPS) is 33.5. The summed E-state index contributed by atoms with van der Waals surface area (Å²) in [6.07, 6.45) is 7.93. The fourth-order valence-electron chi connectivity index (χ4n) is 11.1. The van der Waals surface area contributed by atoms with Gasteiger partial charge in [0.15, 0.2) is 5.75 Å². The summed E-state index contributed by atoms with van der Waals surface area (Å²) in [7, 11) is 3.53. The van der Waals surface area contributed by atoms with E-state index in [-0.39, 0.29) is 34.3 Å². The number of allylic oxidation sites excluding steroid dienone is 2. The maximum atomic E-state index is 14.7. The molecule has 3 N–H and O–H groups in total. The molecule has 0 bridgehead atoms. The maximum absolute atomic E-state index is 14.7. The second-order valence-electron chi connectivity index (χ2n) is 15.9. The van der Waals surface area contributed by atoms with E-state index >= 15 is 0 Å². The highest BCUT2D eigenvalue weighted by molar-refractivity contribution is 6.19. The number of rotatable bonds is 7. The maximum Gasteiger partial charge on any atom is 0.415 e. The minimum atomic E-state index is -0.574. The summed E-state index contributed by atoms with van der Waals surface area (Å²) < 4.78 is 5.95. The number of alkyl halides is 1. The number of aromatic nitrogens is 2. The van der Waals surface area contributed by atoms with Crippen LogP contribution < -0.4 is 15.0 Å². The zero-order valence-corrected chi connectivity index (χ0v) is 28.8. The average molecular weight is 683 g/mol. The Morgan fingerprint density at radius 1 is 1.06 bits per heavy atom. The molecule has 3 amide bonds. The van der Waals surface area contributed by atoms with Crippen LogP contribution >= 0.6 is 11.6 Å². The summed E-state index contributed by atoms with van der Waals surface area (Å²) in [6, 6.07) is 1.82. The van der Waals surface area contributed by atoms with Crippen LogP contribution in [0.15, 0.2) is 30.2 Å². The summed E-state index contributed by atoms with van der Waals surface area (Å²) >= 11 is 6.57. The van der Waals surface area contributed by atoms with Crippen LogP contribution in [0.5, 0.6) is 5.75 Å². The molecule has 1 aromatic carbocycles. The van der Waals surface area contributed by atoms with E-state index in [0.29, 0.717) is 74.2 Å². The van der Waals surface area contributed by atoms with Gasteiger partial charge in [0.05, 0.1) is 27.7 Å². The third-order valence-electron chi connectivity index (χ3n) is 13.6. The van der Waals surface area contributed by atoms with Gasteiger partial charge in [0, 0.05) is 91.5 Å². The third kappa shape index (κ3) is 3.30. The van der Waals surface area contributed by atoms with E-state index < -0.39 is 16.9 Å². The Morgan fingerprint density at radius 3 is 2.51 bits per heavy atom. The van der Waals surface area contributed by atoms with Gasteiger partial charge < -0.3 is 34.7 Å². The zero-order valence-electron chi connectivity index (χ0n) is 28.1. The lowest BCUT2D eigenvalue weighted by Crippen LogP contribution is -2.49. The predicted octanol–water partition coefficient (Wildman–Crippen LogP) is 4.48. The lowest BCUT2D eigenvalue weighted by Gasteiger charge is -2.38. The van der Waals surface area contributed by atoms with Crippen molar-refractivity contribution in [3.8, 4) is 5.75 Å². The molecular weight excluding hydrogens is 644 g/mol. The van der Waals surface area contributed by atoms with Crippen LogP contribution in [0, 0.1) is 36.0 Å². The number of fused-ring (bicyclic) bond motifs is 4. The van der Waals surface area contributed by atoms with E-state index in [1.54, 1.807) is 13.1 Å². The minimum Gasteiger partial charge on any atom is -0.408 e. The number of ketones is 1. The Kier molecular flexibility index (Phi) is 5.57. The van der Waals surface area contributed by atoms with Crippen molar-refractivity contribution in [2.24, 2.45) is 22.2 Å². The first-order valence-corrected chi connectivity index (χ1v) is 17.9. The first kappa shape index (κ1) is 29.8. The average Bonchev–Trinajstić information content (AvgIpc) is 3.74. The largest absolute Gasteiger partial charge is 0.415 e. The standard InChI is InChI=1S/C37H39ClN6O5/c1-18-11-41-30-24(49-33(48)42(4)6-5-39-3)7-22-27(26(18)30)20(10-38)13-43(22)31(46)34-15-35(17-36(34,35)16-34)32(47)44-14-21-9-37(21)25(44)8-23(45)29-28(37)19(2)12-40-29/h7-8,11-12,20-21,39-41H,5-6,9-10,13-17H2,1-4H3/t20-,21-,34?,35?,36?,37?/m1/s1. The molecule has 49 heavy (non-hydrogen) atoms. The summed E-state index contributed by atoms with van der Waals surface area (Å²) in [5.74, 6) is 1.04. The van der Waals surface area contributed by atoms with Gasteiger partial charge in [0.25, 0.3) is 0 Å². The molecule has 5 fully saturated rings. The molecule has 4 saturated carbocycles. The smallest absolute Gasteiger partial charge is 0.408 e. The van der Waals surface area contributed by atoms with Gasteiger partial charge in [-0.1, -0.05) is 0 Å². The third-order valence-corrected chi connectivity index (χ3v) is 14.0. The molecule has 11 nitrogen and oxygen atoms in total. The Bertz CT molecular complexity index is 2140. The van der Waals surface area contributed by atoms with E-state index in [1.807, 2.05) is 49.2 Å². The number of aromatic amines is 2. The molecule has 4 unspecified atom stereocenters. The van der Waals surface area contributed by atoms with Crippen molar-refractivity contribution >= 4 is 51.9 Å². The van der Waals surface area contributed by atoms with Crippen molar-refractivity contribution in [1.82, 2.24) is 25.1 Å². The summed E-state index contributed by atoms with van der Waals surface area (Å²) in [5.41, 5.74) is 5.47. The van der Waals surface area contributed by atoms with E-state index in [0.717, 1.165) is 45.4 Å². The molecule has 254 valence electrons. The van der Waals surface area contributed by atoms with Crippen LogP contribution in [0.1, 0.15) is 64.3 Å². The first-order chi connectivity index (χ1) is 23.5. The highest BCUT2D eigenvalue weighted by atomic mass is 35.5. The lowest BCUT2D eigenvalue weighted by atomic mass is 9.72. The summed E-state index contributed by atoms with van der Waals surface area (Å²) in [6.45, 7) is 6.23. The van der Waals surface area contributed by atoms with Gasteiger partial charge >= 0.3 is 6.09 Å². The van der Waals surface area contributed by atoms with E-state index in [4.69, 9.17) is 16.3 Å². The molecule has 10 rings (SSSR count). The Hall–Kier alpha value is -4.09. The zero-order chi connectivity index (χ0) is 34.0. The number of carbonyl (C=O) groups is 4. The second kappa shape index (κ2) is 9.17. The molecule has 6 atom stereocenters. The number of anilines is 1. The Balaban J connectivity index is 0.941. The number of H-pyrrole nitrogens is 2. The fraction of sp³-hybridized carbons (Fsp3) is 0.514. The van der Waals surface area contributed by atoms with Gasteiger partial charge in [-0.25, -0.2) is 4.79 Å². The highest BCUT2D eigenvalue weighted by Gasteiger charge is 3.01. The number of hydrogen-bond donors (Lipinski definition) is 3. The number of benzene rings is 1. The number of nitrogens with zero attached hydrogens (tertiary/aromatic N) is 3. The van der Waals surface area contributed by atoms with E-state index in [9.17, 15) is 19.2 Å². The number of aryl methyl sites for hydroxylation is 2. The van der Waals surface area contributed by atoms with Crippen molar-refractivity contribution in [3.63, 3.8) is 0 Å². The van der Waals surface area contributed by atoms with Crippen molar-refractivity contribution in [1.29, 1.82) is 0 Å². The lowest BCUT2D eigenvalue weighted by molar-refractivity contribution is -0.142. The first-order valence-electron chi connectivity index (χ1n) is 17.4. The van der Waals surface area contributed by atoms with Crippen molar-refractivity contribution in [2.75, 3.05) is 51.1 Å². The van der Waals surface area contributed by atoms with Crippen LogP contribution in [0.3, 0.4) is 0 Å². The highest BCUT2D eigenvalue weighted by Crippen LogP contribution is 3.01. The predicted molar refractivity (Wildman–Crippen MR) is 182 cm³/mol. The van der Waals surface area contributed by atoms with E-state index in [2.05, 4.69) is 15.3 Å². The molecule has 2 aliphatic heterocycles. The number of likely N-dealkylation sites (tertiary alicyclic amines) is 1. The molecule has 4 heterocycles. The van der Waals surface area contributed by atoms with E-state index in [1.165, 1.54) is 4.90 Å². The van der Waals surface area contributed by atoms with Crippen LogP contribution in [0.25, 0.3) is 10.9 Å². The molecule has 1 saturated heterocycles. The van der Waals surface area contributed by atoms with Crippen molar-refractivity contribution < 1.29 is 23.9 Å². The van der Waals surface area contributed by atoms with Crippen molar-refractivity contribution in [3.05, 3.63) is 58.2 Å². The van der Waals surface area contributed by atoms with Gasteiger partial charge in [0.1, 0.15) is 0 Å². The molecule has 5 aliphatic carbocycles. The van der Waals surface area contributed by atoms with Crippen LogP contribution in [0.4, 0.5) is 10.5 Å². The number of ether oxygens (including phenoxy) is 1. The minimum absolute atomic E-state index is 0.0404.